The van der Waals surface area contributed by atoms with Crippen LogP contribution in [0, 0.1) is 0 Å². The van der Waals surface area contributed by atoms with E-state index in [4.69, 9.17) is 11.6 Å². The maximum absolute atomic E-state index is 12.4. The van der Waals surface area contributed by atoms with Gasteiger partial charge in [0.25, 0.3) is 0 Å². The zero-order valence-corrected chi connectivity index (χ0v) is 19.0. The van der Waals surface area contributed by atoms with Crippen LogP contribution in [-0.4, -0.2) is 26.4 Å². The lowest BCUT2D eigenvalue weighted by molar-refractivity contribution is -0.113. The highest BCUT2D eigenvalue weighted by atomic mass is 79.9. The number of nitrogens with zero attached hydrogens (tertiary/aromatic N) is 3. The number of halogens is 2. The molecule has 5 nitrogen and oxygen atoms in total. The Bertz CT molecular complexity index is 1030. The Labute approximate surface area is 187 Å². The average molecular weight is 492 g/mol. The summed E-state index contributed by atoms with van der Waals surface area (Å²) in [7, 11) is 0. The van der Waals surface area contributed by atoms with E-state index in [1.54, 1.807) is 12.1 Å². The van der Waals surface area contributed by atoms with E-state index in [0.29, 0.717) is 22.5 Å². The van der Waals surface area contributed by atoms with E-state index in [0.717, 1.165) is 28.4 Å². The second-order valence-corrected chi connectivity index (χ2v) is 9.17. The van der Waals surface area contributed by atoms with Crippen LogP contribution in [0.1, 0.15) is 36.6 Å². The predicted octanol–water partition coefficient (Wildman–Crippen LogP) is 5.72. The highest BCUT2D eigenvalue weighted by Crippen LogP contribution is 2.54. The fraction of sp³-hybridized carbons (Fsp3) is 0.286. The molecule has 1 aromatic heterocycles. The van der Waals surface area contributed by atoms with E-state index >= 15 is 0 Å². The molecule has 1 aliphatic carbocycles. The number of benzene rings is 2. The SMILES string of the molecule is CCn1c(SCC(=O)Nc2ccc(Br)cc2Cl)nnc1C1CC1c1ccccc1. The summed E-state index contributed by atoms with van der Waals surface area (Å²) in [5.74, 6) is 2.04. The van der Waals surface area contributed by atoms with Crippen LogP contribution in [0.5, 0.6) is 0 Å². The molecule has 1 amide bonds. The van der Waals surface area contributed by atoms with E-state index < -0.39 is 0 Å². The van der Waals surface area contributed by atoms with Crippen molar-refractivity contribution in [2.45, 2.75) is 36.9 Å². The van der Waals surface area contributed by atoms with E-state index in [1.807, 2.05) is 12.1 Å². The van der Waals surface area contributed by atoms with Crippen LogP contribution >= 0.6 is 39.3 Å². The second kappa shape index (κ2) is 8.90. The molecule has 0 saturated heterocycles. The molecule has 0 bridgehead atoms. The topological polar surface area (TPSA) is 59.8 Å². The van der Waals surface area contributed by atoms with E-state index in [-0.39, 0.29) is 11.7 Å². The summed E-state index contributed by atoms with van der Waals surface area (Å²) in [6.07, 6.45) is 1.09. The van der Waals surface area contributed by atoms with Crippen molar-refractivity contribution in [1.82, 2.24) is 14.8 Å². The van der Waals surface area contributed by atoms with Crippen molar-refractivity contribution < 1.29 is 4.79 Å². The number of hydrogen-bond donors (Lipinski definition) is 1. The Morgan fingerprint density at radius 2 is 2.03 bits per heavy atom. The molecular weight excluding hydrogens is 472 g/mol. The van der Waals surface area contributed by atoms with Crippen molar-refractivity contribution in [3.05, 3.63) is 69.4 Å². The zero-order chi connectivity index (χ0) is 20.4. The zero-order valence-electron chi connectivity index (χ0n) is 15.8. The van der Waals surface area contributed by atoms with Crippen molar-refractivity contribution in [1.29, 1.82) is 0 Å². The number of carbonyl (C=O) groups excluding carboxylic acids is 1. The first kappa shape index (κ1) is 20.4. The first-order valence-electron chi connectivity index (χ1n) is 9.42. The van der Waals surface area contributed by atoms with Gasteiger partial charge in [-0.3, -0.25) is 4.79 Å². The molecule has 3 aromatic rings. The smallest absolute Gasteiger partial charge is 0.234 e. The quantitative estimate of drug-likeness (QED) is 0.430. The Balaban J connectivity index is 1.39. The third-order valence-electron chi connectivity index (χ3n) is 4.95. The van der Waals surface area contributed by atoms with Gasteiger partial charge in [-0.15, -0.1) is 10.2 Å². The molecule has 1 saturated carbocycles. The fourth-order valence-corrected chi connectivity index (χ4v) is 4.96. The van der Waals surface area contributed by atoms with Gasteiger partial charge in [-0.2, -0.15) is 0 Å². The van der Waals surface area contributed by atoms with E-state index in [2.05, 4.69) is 67.2 Å². The summed E-state index contributed by atoms with van der Waals surface area (Å²) in [6.45, 7) is 2.86. The van der Waals surface area contributed by atoms with Crippen LogP contribution in [0.25, 0.3) is 0 Å². The Kier molecular flexibility index (Phi) is 6.27. The van der Waals surface area contributed by atoms with Gasteiger partial charge in [-0.1, -0.05) is 69.6 Å². The Morgan fingerprint density at radius 3 is 2.76 bits per heavy atom. The number of carbonyl (C=O) groups is 1. The minimum Gasteiger partial charge on any atom is -0.324 e. The first-order valence-corrected chi connectivity index (χ1v) is 11.6. The Hall–Kier alpha value is -1.83. The molecule has 2 unspecified atom stereocenters. The first-order chi connectivity index (χ1) is 14.1. The number of aromatic nitrogens is 3. The standard InChI is InChI=1S/C21H20BrClN4OS/c1-2-27-20(16-11-15(16)13-6-4-3-5-7-13)25-26-21(27)29-12-19(28)24-18-9-8-14(22)10-17(18)23/h3-10,15-16H,2,11-12H2,1H3,(H,24,28). The van der Waals surface area contributed by atoms with Gasteiger partial charge in [0, 0.05) is 16.9 Å². The minimum absolute atomic E-state index is 0.125. The van der Waals surface area contributed by atoms with E-state index in [1.165, 1.54) is 17.3 Å². The van der Waals surface area contributed by atoms with Gasteiger partial charge in [-0.05, 0) is 43.0 Å². The molecule has 1 aliphatic rings. The third kappa shape index (κ3) is 4.68. The second-order valence-electron chi connectivity index (χ2n) is 6.91. The summed E-state index contributed by atoms with van der Waals surface area (Å²) in [5, 5.41) is 12.9. The summed E-state index contributed by atoms with van der Waals surface area (Å²) in [5.41, 5.74) is 1.95. The van der Waals surface area contributed by atoms with E-state index in [9.17, 15) is 4.79 Å². The molecule has 2 atom stereocenters. The number of rotatable bonds is 7. The molecule has 0 aliphatic heterocycles. The number of amides is 1. The Morgan fingerprint density at radius 1 is 1.24 bits per heavy atom. The van der Waals surface area contributed by atoms with Crippen molar-refractivity contribution in [3.8, 4) is 0 Å². The van der Waals surface area contributed by atoms with Gasteiger partial charge in [0.1, 0.15) is 5.82 Å². The lowest BCUT2D eigenvalue weighted by Gasteiger charge is -2.09. The number of thioether (sulfide) groups is 1. The third-order valence-corrected chi connectivity index (χ3v) is 6.72. The maximum Gasteiger partial charge on any atom is 0.234 e. The average Bonchev–Trinajstić information content (AvgIpc) is 3.41. The van der Waals surface area contributed by atoms with Gasteiger partial charge in [0.15, 0.2) is 5.16 Å². The number of nitrogens with one attached hydrogen (secondary N) is 1. The minimum atomic E-state index is -0.125. The highest BCUT2D eigenvalue weighted by molar-refractivity contribution is 9.10. The molecule has 29 heavy (non-hydrogen) atoms. The molecular formula is C21H20BrClN4OS. The van der Waals surface area contributed by atoms with Crippen LogP contribution in [-0.2, 0) is 11.3 Å². The van der Waals surface area contributed by atoms with Gasteiger partial charge in [-0.25, -0.2) is 0 Å². The van der Waals surface area contributed by atoms with Gasteiger partial charge >= 0.3 is 0 Å². The van der Waals surface area contributed by atoms with Crippen LogP contribution in [0.3, 0.4) is 0 Å². The van der Waals surface area contributed by atoms with Gasteiger partial charge < -0.3 is 9.88 Å². The summed E-state index contributed by atoms with van der Waals surface area (Å²) < 4.78 is 2.99. The molecule has 1 fully saturated rings. The van der Waals surface area contributed by atoms with Crippen molar-refractivity contribution in [2.75, 3.05) is 11.1 Å². The molecule has 150 valence electrons. The number of hydrogen-bond acceptors (Lipinski definition) is 4. The van der Waals surface area contributed by atoms with Crippen molar-refractivity contribution in [3.63, 3.8) is 0 Å². The molecule has 2 aromatic carbocycles. The molecule has 4 rings (SSSR count). The normalized spacial score (nSPS) is 17.9. The molecule has 0 spiro atoms. The largest absolute Gasteiger partial charge is 0.324 e. The summed E-state index contributed by atoms with van der Waals surface area (Å²) in [6, 6.07) is 15.9. The maximum atomic E-state index is 12.4. The predicted molar refractivity (Wildman–Crippen MR) is 121 cm³/mol. The number of anilines is 1. The monoisotopic (exact) mass is 490 g/mol. The van der Waals surface area contributed by atoms with Gasteiger partial charge in [0.05, 0.1) is 16.5 Å². The molecule has 8 heteroatoms. The highest BCUT2D eigenvalue weighted by Gasteiger charge is 2.43. The van der Waals surface area contributed by atoms with Crippen molar-refractivity contribution >= 4 is 50.9 Å². The van der Waals surface area contributed by atoms with Crippen LogP contribution < -0.4 is 5.32 Å². The fourth-order valence-electron chi connectivity index (χ4n) is 3.43. The molecule has 1 N–H and O–H groups in total. The summed E-state index contributed by atoms with van der Waals surface area (Å²) >= 11 is 10.9. The van der Waals surface area contributed by atoms with Crippen molar-refractivity contribution in [2.24, 2.45) is 0 Å². The van der Waals surface area contributed by atoms with Crippen LogP contribution in [0.15, 0.2) is 58.2 Å². The molecule has 1 heterocycles. The lowest BCUT2D eigenvalue weighted by Crippen LogP contribution is -2.15. The van der Waals surface area contributed by atoms with Crippen LogP contribution in [0.2, 0.25) is 5.02 Å². The van der Waals surface area contributed by atoms with Crippen LogP contribution in [0.4, 0.5) is 5.69 Å². The summed E-state index contributed by atoms with van der Waals surface area (Å²) in [4.78, 5) is 12.4. The molecule has 0 radical (unpaired) electrons. The van der Waals surface area contributed by atoms with Gasteiger partial charge in [0.2, 0.25) is 5.91 Å². The lowest BCUT2D eigenvalue weighted by atomic mass is 10.1.